The standard InChI is InChI=1S/C18H22N2O2/c21-14-16-3-1-15(2-4-16)13-19-17-5-7-18(8-6-17)20-9-11-22-12-10-20/h1-8,19,21H,9-14H2. The molecule has 22 heavy (non-hydrogen) atoms. The lowest BCUT2D eigenvalue weighted by Crippen LogP contribution is -2.36. The molecule has 0 aromatic heterocycles. The van der Waals surface area contributed by atoms with Gasteiger partial charge in [0.25, 0.3) is 0 Å². The summed E-state index contributed by atoms with van der Waals surface area (Å²) in [5.74, 6) is 0. The van der Waals surface area contributed by atoms with Crippen LogP contribution < -0.4 is 10.2 Å². The topological polar surface area (TPSA) is 44.7 Å². The maximum atomic E-state index is 9.04. The van der Waals surface area contributed by atoms with Crippen LogP contribution in [0.3, 0.4) is 0 Å². The van der Waals surface area contributed by atoms with Crippen molar-refractivity contribution in [3.63, 3.8) is 0 Å². The predicted molar refractivity (Wildman–Crippen MR) is 89.2 cm³/mol. The zero-order valence-corrected chi connectivity index (χ0v) is 12.7. The Morgan fingerprint density at radius 3 is 2.18 bits per heavy atom. The number of aliphatic hydroxyl groups is 1. The van der Waals surface area contributed by atoms with Crippen molar-refractivity contribution in [1.29, 1.82) is 0 Å². The Kier molecular flexibility index (Phi) is 4.93. The van der Waals surface area contributed by atoms with Crippen LogP contribution in [-0.2, 0) is 17.9 Å². The largest absolute Gasteiger partial charge is 0.392 e. The zero-order chi connectivity index (χ0) is 15.2. The number of nitrogens with zero attached hydrogens (tertiary/aromatic N) is 1. The molecule has 0 saturated carbocycles. The minimum absolute atomic E-state index is 0.0940. The van der Waals surface area contributed by atoms with Crippen molar-refractivity contribution in [2.75, 3.05) is 36.5 Å². The van der Waals surface area contributed by atoms with Gasteiger partial charge in [-0.2, -0.15) is 0 Å². The van der Waals surface area contributed by atoms with E-state index in [1.165, 1.54) is 11.3 Å². The highest BCUT2D eigenvalue weighted by Crippen LogP contribution is 2.19. The van der Waals surface area contributed by atoms with Crippen LogP contribution in [-0.4, -0.2) is 31.4 Å². The molecule has 0 atom stereocenters. The number of aliphatic hydroxyl groups excluding tert-OH is 1. The van der Waals surface area contributed by atoms with Crippen LogP contribution in [0.15, 0.2) is 48.5 Å². The van der Waals surface area contributed by atoms with Crippen molar-refractivity contribution in [3.8, 4) is 0 Å². The summed E-state index contributed by atoms with van der Waals surface area (Å²) >= 11 is 0. The molecular formula is C18H22N2O2. The Bertz CT molecular complexity index is 575. The fraction of sp³-hybridized carbons (Fsp3) is 0.333. The van der Waals surface area contributed by atoms with Crippen molar-refractivity contribution in [3.05, 3.63) is 59.7 Å². The fourth-order valence-electron chi connectivity index (χ4n) is 2.58. The van der Waals surface area contributed by atoms with Crippen molar-refractivity contribution in [1.82, 2.24) is 0 Å². The van der Waals surface area contributed by atoms with E-state index in [0.717, 1.165) is 44.1 Å². The molecule has 1 fully saturated rings. The molecule has 0 unspecified atom stereocenters. The number of hydrogen-bond donors (Lipinski definition) is 2. The molecule has 2 aromatic carbocycles. The normalized spacial score (nSPS) is 14.9. The zero-order valence-electron chi connectivity index (χ0n) is 12.7. The summed E-state index contributed by atoms with van der Waals surface area (Å²) in [5, 5.41) is 12.5. The Morgan fingerprint density at radius 1 is 0.909 bits per heavy atom. The van der Waals surface area contributed by atoms with Gasteiger partial charge in [-0.15, -0.1) is 0 Å². The minimum atomic E-state index is 0.0940. The van der Waals surface area contributed by atoms with Gasteiger partial charge in [0.2, 0.25) is 0 Å². The van der Waals surface area contributed by atoms with Crippen molar-refractivity contribution in [2.24, 2.45) is 0 Å². The summed E-state index contributed by atoms with van der Waals surface area (Å²) in [4.78, 5) is 2.35. The average Bonchev–Trinajstić information content (AvgIpc) is 2.61. The molecule has 4 heteroatoms. The van der Waals surface area contributed by atoms with Crippen LogP contribution in [0.4, 0.5) is 11.4 Å². The molecule has 0 aliphatic carbocycles. The second kappa shape index (κ2) is 7.29. The molecule has 2 N–H and O–H groups in total. The van der Waals surface area contributed by atoms with E-state index in [2.05, 4.69) is 34.5 Å². The minimum Gasteiger partial charge on any atom is -0.392 e. The van der Waals surface area contributed by atoms with E-state index in [1.807, 2.05) is 24.3 Å². The molecule has 1 saturated heterocycles. The summed E-state index contributed by atoms with van der Waals surface area (Å²) in [6, 6.07) is 16.5. The average molecular weight is 298 g/mol. The van der Waals surface area contributed by atoms with Gasteiger partial charge in [-0.3, -0.25) is 0 Å². The molecule has 116 valence electrons. The molecule has 0 radical (unpaired) electrons. The molecule has 1 aliphatic heterocycles. The third kappa shape index (κ3) is 3.78. The summed E-state index contributed by atoms with van der Waals surface area (Å²) in [5.41, 5.74) is 4.51. The molecular weight excluding hydrogens is 276 g/mol. The molecule has 4 nitrogen and oxygen atoms in total. The lowest BCUT2D eigenvalue weighted by molar-refractivity contribution is 0.122. The molecule has 0 spiro atoms. The van der Waals surface area contributed by atoms with E-state index >= 15 is 0 Å². The van der Waals surface area contributed by atoms with Crippen molar-refractivity contribution < 1.29 is 9.84 Å². The van der Waals surface area contributed by atoms with E-state index in [0.29, 0.717) is 0 Å². The van der Waals surface area contributed by atoms with Gasteiger partial charge in [-0.25, -0.2) is 0 Å². The van der Waals surface area contributed by atoms with Crippen molar-refractivity contribution >= 4 is 11.4 Å². The van der Waals surface area contributed by atoms with Crippen LogP contribution >= 0.6 is 0 Å². The third-order valence-electron chi connectivity index (χ3n) is 3.95. The second-order valence-electron chi connectivity index (χ2n) is 5.47. The van der Waals surface area contributed by atoms with Crippen LogP contribution in [0, 0.1) is 0 Å². The van der Waals surface area contributed by atoms with Crippen LogP contribution in [0.1, 0.15) is 11.1 Å². The number of rotatable bonds is 5. The van der Waals surface area contributed by atoms with Gasteiger partial charge in [-0.1, -0.05) is 24.3 Å². The van der Waals surface area contributed by atoms with Gasteiger partial charge in [0.05, 0.1) is 19.8 Å². The molecule has 0 amide bonds. The maximum absolute atomic E-state index is 9.04. The lowest BCUT2D eigenvalue weighted by atomic mass is 10.1. The van der Waals surface area contributed by atoms with Gasteiger partial charge >= 0.3 is 0 Å². The van der Waals surface area contributed by atoms with E-state index in [-0.39, 0.29) is 6.61 Å². The highest BCUT2D eigenvalue weighted by Gasteiger charge is 2.10. The van der Waals surface area contributed by atoms with E-state index < -0.39 is 0 Å². The summed E-state index contributed by atoms with van der Waals surface area (Å²) in [6.07, 6.45) is 0. The molecule has 0 bridgehead atoms. The summed E-state index contributed by atoms with van der Waals surface area (Å²) in [6.45, 7) is 4.42. The van der Waals surface area contributed by atoms with Crippen molar-refractivity contribution in [2.45, 2.75) is 13.2 Å². The highest BCUT2D eigenvalue weighted by molar-refractivity contribution is 5.55. The van der Waals surface area contributed by atoms with Crippen LogP contribution in [0.5, 0.6) is 0 Å². The van der Waals surface area contributed by atoms with Crippen LogP contribution in [0.2, 0.25) is 0 Å². The van der Waals surface area contributed by atoms with Crippen LogP contribution in [0.25, 0.3) is 0 Å². The lowest BCUT2D eigenvalue weighted by Gasteiger charge is -2.28. The first-order valence-corrected chi connectivity index (χ1v) is 7.70. The number of anilines is 2. The Hall–Kier alpha value is -2.04. The first-order valence-electron chi connectivity index (χ1n) is 7.70. The molecule has 2 aromatic rings. The Balaban J connectivity index is 1.56. The highest BCUT2D eigenvalue weighted by atomic mass is 16.5. The quantitative estimate of drug-likeness (QED) is 0.891. The molecule has 1 heterocycles. The van der Waals surface area contributed by atoms with Gasteiger partial charge in [0, 0.05) is 31.0 Å². The second-order valence-corrected chi connectivity index (χ2v) is 5.47. The number of ether oxygens (including phenoxy) is 1. The Morgan fingerprint density at radius 2 is 1.55 bits per heavy atom. The third-order valence-corrected chi connectivity index (χ3v) is 3.95. The maximum Gasteiger partial charge on any atom is 0.0681 e. The summed E-state index contributed by atoms with van der Waals surface area (Å²) in [7, 11) is 0. The van der Waals surface area contributed by atoms with Gasteiger partial charge in [0.1, 0.15) is 0 Å². The number of nitrogens with one attached hydrogen (secondary N) is 1. The monoisotopic (exact) mass is 298 g/mol. The fourth-order valence-corrected chi connectivity index (χ4v) is 2.58. The summed E-state index contributed by atoms with van der Waals surface area (Å²) < 4.78 is 5.38. The van der Waals surface area contributed by atoms with E-state index in [9.17, 15) is 0 Å². The SMILES string of the molecule is OCc1ccc(CNc2ccc(N3CCOCC3)cc2)cc1. The van der Waals surface area contributed by atoms with Gasteiger partial charge < -0.3 is 20.1 Å². The van der Waals surface area contributed by atoms with Gasteiger partial charge in [-0.05, 0) is 35.4 Å². The number of morpholine rings is 1. The first kappa shape index (κ1) is 14.9. The number of hydrogen-bond acceptors (Lipinski definition) is 4. The van der Waals surface area contributed by atoms with Gasteiger partial charge in [0.15, 0.2) is 0 Å². The number of benzene rings is 2. The smallest absolute Gasteiger partial charge is 0.0681 e. The molecule has 3 rings (SSSR count). The predicted octanol–water partition coefficient (Wildman–Crippen LogP) is 2.63. The van der Waals surface area contributed by atoms with E-state index in [1.54, 1.807) is 0 Å². The Labute approximate surface area is 131 Å². The first-order chi connectivity index (χ1) is 10.8. The molecule has 1 aliphatic rings. The van der Waals surface area contributed by atoms with E-state index in [4.69, 9.17) is 9.84 Å².